The molecular formula is C18H21FN2O3S. The highest BCUT2D eigenvalue weighted by atomic mass is 32.1. The number of hydrogen-bond donors (Lipinski definition) is 1. The maximum atomic E-state index is 13.1. The van der Waals surface area contributed by atoms with Gasteiger partial charge >= 0.3 is 0 Å². The fraction of sp³-hybridized carbons (Fsp3) is 0.389. The molecular weight excluding hydrogens is 343 g/mol. The lowest BCUT2D eigenvalue weighted by molar-refractivity contribution is -0.123. The van der Waals surface area contributed by atoms with Crippen LogP contribution < -0.4 is 10.1 Å². The van der Waals surface area contributed by atoms with E-state index in [1.165, 1.54) is 17.0 Å². The number of nitrogens with one attached hydrogen (secondary N) is 1. The molecule has 1 aliphatic heterocycles. The summed E-state index contributed by atoms with van der Waals surface area (Å²) in [6.45, 7) is 3.48. The number of benzene rings is 1. The van der Waals surface area contributed by atoms with E-state index in [0.717, 1.165) is 13.1 Å². The van der Waals surface area contributed by atoms with Crippen LogP contribution in [0.1, 0.15) is 10.9 Å². The number of carbonyl (C=O) groups excluding carboxylic acids is 1. The first-order valence-corrected chi connectivity index (χ1v) is 9.10. The van der Waals surface area contributed by atoms with Crippen molar-refractivity contribution in [3.63, 3.8) is 0 Å². The lowest BCUT2D eigenvalue weighted by Crippen LogP contribution is -2.44. The fourth-order valence-electron chi connectivity index (χ4n) is 2.75. The molecule has 1 N–H and O–H groups in total. The van der Waals surface area contributed by atoms with Crippen molar-refractivity contribution in [2.75, 3.05) is 39.5 Å². The molecule has 1 amide bonds. The molecule has 5 nitrogen and oxygen atoms in total. The van der Waals surface area contributed by atoms with Crippen LogP contribution in [0.2, 0.25) is 0 Å². The molecule has 0 spiro atoms. The zero-order valence-corrected chi connectivity index (χ0v) is 14.6. The smallest absolute Gasteiger partial charge is 0.258 e. The van der Waals surface area contributed by atoms with Gasteiger partial charge in [0.15, 0.2) is 6.61 Å². The molecule has 1 aliphatic rings. The Morgan fingerprint density at radius 2 is 2.16 bits per heavy atom. The van der Waals surface area contributed by atoms with Gasteiger partial charge < -0.3 is 14.8 Å². The first kappa shape index (κ1) is 17.8. The van der Waals surface area contributed by atoms with Crippen molar-refractivity contribution in [3.05, 3.63) is 52.5 Å². The fourth-order valence-corrected chi connectivity index (χ4v) is 3.61. The number of thiophene rings is 1. The summed E-state index contributed by atoms with van der Waals surface area (Å²) in [7, 11) is 0. The van der Waals surface area contributed by atoms with Crippen LogP contribution in [0, 0.1) is 5.82 Å². The Kier molecular flexibility index (Phi) is 6.38. The van der Waals surface area contributed by atoms with Crippen molar-refractivity contribution in [1.29, 1.82) is 0 Å². The van der Waals surface area contributed by atoms with Gasteiger partial charge in [-0.15, -0.1) is 11.3 Å². The van der Waals surface area contributed by atoms with E-state index in [1.807, 2.05) is 11.4 Å². The second-order valence-corrected chi connectivity index (χ2v) is 6.71. The molecule has 134 valence electrons. The average Bonchev–Trinajstić information content (AvgIpc) is 3.15. The van der Waals surface area contributed by atoms with Gasteiger partial charge in [0.1, 0.15) is 11.6 Å². The Morgan fingerprint density at radius 1 is 1.32 bits per heavy atom. The van der Waals surface area contributed by atoms with Crippen molar-refractivity contribution in [1.82, 2.24) is 10.2 Å². The summed E-state index contributed by atoms with van der Waals surface area (Å²) in [6.07, 6.45) is 0. The molecule has 1 atom stereocenters. The van der Waals surface area contributed by atoms with Gasteiger partial charge in [-0.3, -0.25) is 9.69 Å². The molecule has 0 radical (unpaired) electrons. The number of nitrogens with zero attached hydrogens (tertiary/aromatic N) is 1. The minimum Gasteiger partial charge on any atom is -0.484 e. The number of halogens is 1. The van der Waals surface area contributed by atoms with Crippen molar-refractivity contribution < 1.29 is 18.7 Å². The lowest BCUT2D eigenvalue weighted by Gasteiger charge is -2.34. The standard InChI is InChI=1S/C18H21FN2O3S/c19-14-3-1-4-15(11-14)24-13-18(22)20-12-16(17-5-2-10-25-17)21-6-8-23-9-7-21/h1-5,10-11,16H,6-9,12-13H2,(H,20,22). The predicted octanol–water partition coefficient (Wildman–Crippen LogP) is 2.46. The monoisotopic (exact) mass is 364 g/mol. The SMILES string of the molecule is O=C(COc1cccc(F)c1)NCC(c1cccs1)N1CCOCC1. The number of rotatable bonds is 7. The third kappa shape index (κ3) is 5.26. The second kappa shape index (κ2) is 8.94. The van der Waals surface area contributed by atoms with Gasteiger partial charge in [-0.05, 0) is 23.6 Å². The van der Waals surface area contributed by atoms with Crippen molar-refractivity contribution >= 4 is 17.2 Å². The summed E-state index contributed by atoms with van der Waals surface area (Å²) in [4.78, 5) is 15.6. The summed E-state index contributed by atoms with van der Waals surface area (Å²) < 4.78 is 23.9. The van der Waals surface area contributed by atoms with Gasteiger partial charge in [0.25, 0.3) is 5.91 Å². The maximum absolute atomic E-state index is 13.1. The zero-order valence-electron chi connectivity index (χ0n) is 13.8. The van der Waals surface area contributed by atoms with Crippen molar-refractivity contribution in [3.8, 4) is 5.75 Å². The van der Waals surface area contributed by atoms with E-state index in [1.54, 1.807) is 23.5 Å². The number of hydrogen-bond acceptors (Lipinski definition) is 5. The highest BCUT2D eigenvalue weighted by Gasteiger charge is 2.23. The number of morpholine rings is 1. The van der Waals surface area contributed by atoms with Gasteiger partial charge in [0.2, 0.25) is 0 Å². The summed E-state index contributed by atoms with van der Waals surface area (Å²) >= 11 is 1.68. The highest BCUT2D eigenvalue weighted by Crippen LogP contribution is 2.25. The van der Waals surface area contributed by atoms with E-state index in [2.05, 4.69) is 16.3 Å². The third-order valence-corrected chi connectivity index (χ3v) is 4.99. The van der Waals surface area contributed by atoms with Gasteiger partial charge in [-0.2, -0.15) is 0 Å². The molecule has 0 bridgehead atoms. The average molecular weight is 364 g/mol. The van der Waals surface area contributed by atoms with Crippen LogP contribution in [-0.4, -0.2) is 50.3 Å². The summed E-state index contributed by atoms with van der Waals surface area (Å²) in [5, 5.41) is 4.96. The quantitative estimate of drug-likeness (QED) is 0.820. The van der Waals surface area contributed by atoms with E-state index in [9.17, 15) is 9.18 Å². The van der Waals surface area contributed by atoms with Crippen LogP contribution in [0.25, 0.3) is 0 Å². The first-order valence-electron chi connectivity index (χ1n) is 8.22. The van der Waals surface area contributed by atoms with E-state index in [-0.39, 0.29) is 24.4 Å². The molecule has 1 saturated heterocycles. The Bertz CT molecular complexity index is 675. The molecule has 0 aliphatic carbocycles. The van der Waals surface area contributed by atoms with Gasteiger partial charge in [0.05, 0.1) is 19.3 Å². The minimum atomic E-state index is -0.386. The van der Waals surface area contributed by atoms with Crippen molar-refractivity contribution in [2.45, 2.75) is 6.04 Å². The Morgan fingerprint density at radius 3 is 2.88 bits per heavy atom. The molecule has 0 saturated carbocycles. The molecule has 2 aromatic rings. The molecule has 3 rings (SSSR count). The zero-order chi connectivity index (χ0) is 17.5. The Labute approximate surface area is 150 Å². The predicted molar refractivity (Wildman–Crippen MR) is 94.4 cm³/mol. The molecule has 1 unspecified atom stereocenters. The number of amides is 1. The Hall–Kier alpha value is -1.96. The first-order chi connectivity index (χ1) is 12.2. The van der Waals surface area contributed by atoms with Gasteiger partial charge in [-0.1, -0.05) is 12.1 Å². The summed E-state index contributed by atoms with van der Waals surface area (Å²) in [6, 6.07) is 9.99. The summed E-state index contributed by atoms with van der Waals surface area (Å²) in [5.41, 5.74) is 0. The van der Waals surface area contributed by atoms with Crippen LogP contribution >= 0.6 is 11.3 Å². The molecule has 1 fully saturated rings. The highest BCUT2D eigenvalue weighted by molar-refractivity contribution is 7.10. The second-order valence-electron chi connectivity index (χ2n) is 5.73. The number of ether oxygens (including phenoxy) is 2. The van der Waals surface area contributed by atoms with Crippen LogP contribution in [0.4, 0.5) is 4.39 Å². The topological polar surface area (TPSA) is 50.8 Å². The largest absolute Gasteiger partial charge is 0.484 e. The molecule has 1 aromatic heterocycles. The third-order valence-electron chi connectivity index (χ3n) is 4.02. The molecule has 1 aromatic carbocycles. The summed E-state index contributed by atoms with van der Waals surface area (Å²) in [5.74, 6) is -0.264. The van der Waals surface area contributed by atoms with E-state index in [4.69, 9.17) is 9.47 Å². The van der Waals surface area contributed by atoms with Gasteiger partial charge in [-0.25, -0.2) is 4.39 Å². The normalized spacial score (nSPS) is 16.4. The van der Waals surface area contributed by atoms with Gasteiger partial charge in [0, 0.05) is 30.6 Å². The maximum Gasteiger partial charge on any atom is 0.258 e. The van der Waals surface area contributed by atoms with Crippen LogP contribution in [0.5, 0.6) is 5.75 Å². The minimum absolute atomic E-state index is 0.127. The van der Waals surface area contributed by atoms with E-state index >= 15 is 0 Å². The molecule has 7 heteroatoms. The molecule has 2 heterocycles. The van der Waals surface area contributed by atoms with E-state index in [0.29, 0.717) is 25.5 Å². The van der Waals surface area contributed by atoms with Crippen LogP contribution in [-0.2, 0) is 9.53 Å². The lowest BCUT2D eigenvalue weighted by atomic mass is 10.2. The van der Waals surface area contributed by atoms with E-state index < -0.39 is 0 Å². The van der Waals surface area contributed by atoms with Crippen LogP contribution in [0.15, 0.2) is 41.8 Å². The Balaban J connectivity index is 1.52. The molecule has 25 heavy (non-hydrogen) atoms. The van der Waals surface area contributed by atoms with Crippen LogP contribution in [0.3, 0.4) is 0 Å². The van der Waals surface area contributed by atoms with Crippen molar-refractivity contribution in [2.24, 2.45) is 0 Å². The number of carbonyl (C=O) groups is 1.